The van der Waals surface area contributed by atoms with Crippen LogP contribution >= 0.6 is 0 Å². The zero-order valence-electron chi connectivity index (χ0n) is 14.8. The molecule has 128 valence electrons. The fraction of sp³-hybridized carbons (Fsp3) is 0.250. The largest absolute Gasteiger partial charge is 0.368 e. The van der Waals surface area contributed by atoms with Crippen molar-refractivity contribution in [2.45, 2.75) is 33.9 Å². The van der Waals surface area contributed by atoms with E-state index in [0.29, 0.717) is 24.3 Å². The van der Waals surface area contributed by atoms with Gasteiger partial charge in [-0.15, -0.1) is 0 Å². The number of nitrogens with two attached hydrogens (primary N) is 1. The number of aromatic nitrogens is 2. The van der Waals surface area contributed by atoms with Crippen LogP contribution in [0.4, 0.5) is 5.95 Å². The molecular weight excluding hydrogens is 312 g/mol. The highest BCUT2D eigenvalue weighted by Gasteiger charge is 2.26. The van der Waals surface area contributed by atoms with Gasteiger partial charge in [-0.25, -0.2) is 9.97 Å². The molecule has 1 amide bonds. The second kappa shape index (κ2) is 6.89. The van der Waals surface area contributed by atoms with Crippen LogP contribution in [0.25, 0.3) is 10.9 Å². The van der Waals surface area contributed by atoms with Gasteiger partial charge in [-0.3, -0.25) is 4.79 Å². The maximum Gasteiger partial charge on any atom is 0.273 e. The number of nitrogen functional groups attached to an aromatic ring is 1. The lowest BCUT2D eigenvalue weighted by molar-refractivity contribution is 0.0747. The lowest BCUT2D eigenvalue weighted by Gasteiger charge is -2.16. The smallest absolute Gasteiger partial charge is 0.273 e. The standard InChI is InChI=1S/C18H16N4O.C2H6/c1-11-6-7-15-14(8-11)16(21-18(19)20-15)17(23)22-9-12-4-2-3-5-13(12)10-22;1-2/h2-8H,9-10H2,1H3,(H2,19,20,21);1-2H3. The number of hydrogen-bond donors (Lipinski definition) is 1. The summed E-state index contributed by atoms with van der Waals surface area (Å²) in [6, 6.07) is 13.9. The number of benzene rings is 2. The van der Waals surface area contributed by atoms with Gasteiger partial charge < -0.3 is 10.6 Å². The Hall–Kier alpha value is -2.95. The van der Waals surface area contributed by atoms with Crippen LogP contribution in [0.2, 0.25) is 0 Å². The first-order valence-electron chi connectivity index (χ1n) is 8.52. The molecule has 1 aromatic heterocycles. The molecule has 0 spiro atoms. The number of aryl methyl sites for hydroxylation is 1. The summed E-state index contributed by atoms with van der Waals surface area (Å²) >= 11 is 0. The first-order valence-corrected chi connectivity index (χ1v) is 8.52. The lowest BCUT2D eigenvalue weighted by atomic mass is 10.1. The van der Waals surface area contributed by atoms with E-state index < -0.39 is 0 Å². The van der Waals surface area contributed by atoms with Gasteiger partial charge in [0.25, 0.3) is 5.91 Å². The van der Waals surface area contributed by atoms with Crippen LogP contribution in [-0.4, -0.2) is 20.8 Å². The summed E-state index contributed by atoms with van der Waals surface area (Å²) in [7, 11) is 0. The number of anilines is 1. The fourth-order valence-corrected chi connectivity index (χ4v) is 3.05. The summed E-state index contributed by atoms with van der Waals surface area (Å²) in [6.45, 7) is 7.19. The molecule has 0 saturated heterocycles. The molecule has 2 heterocycles. The minimum atomic E-state index is -0.106. The van der Waals surface area contributed by atoms with E-state index in [0.717, 1.165) is 10.9 Å². The summed E-state index contributed by atoms with van der Waals surface area (Å²) in [5, 5.41) is 0.750. The molecule has 0 bridgehead atoms. The lowest BCUT2D eigenvalue weighted by Crippen LogP contribution is -2.27. The molecule has 2 aromatic carbocycles. The molecule has 2 N–H and O–H groups in total. The first-order chi connectivity index (χ1) is 12.1. The van der Waals surface area contributed by atoms with E-state index >= 15 is 0 Å². The molecule has 0 aliphatic carbocycles. The Balaban J connectivity index is 0.000000880. The van der Waals surface area contributed by atoms with Crippen molar-refractivity contribution in [1.82, 2.24) is 14.9 Å². The molecule has 0 saturated carbocycles. The van der Waals surface area contributed by atoms with Gasteiger partial charge >= 0.3 is 0 Å². The Bertz CT molecular complexity index is 911. The molecule has 0 unspecified atom stereocenters. The first kappa shape index (κ1) is 16.9. The van der Waals surface area contributed by atoms with Crippen molar-refractivity contribution in [2.24, 2.45) is 0 Å². The zero-order chi connectivity index (χ0) is 18.0. The van der Waals surface area contributed by atoms with Crippen molar-refractivity contribution in [3.63, 3.8) is 0 Å². The highest BCUT2D eigenvalue weighted by molar-refractivity contribution is 6.05. The topological polar surface area (TPSA) is 72.1 Å². The second-order valence-electron chi connectivity index (χ2n) is 5.88. The van der Waals surface area contributed by atoms with E-state index in [-0.39, 0.29) is 11.9 Å². The average Bonchev–Trinajstić information content (AvgIpc) is 3.06. The maximum atomic E-state index is 13.0. The van der Waals surface area contributed by atoms with E-state index in [4.69, 9.17) is 5.73 Å². The van der Waals surface area contributed by atoms with Crippen molar-refractivity contribution in [2.75, 3.05) is 5.73 Å². The van der Waals surface area contributed by atoms with Crippen LogP contribution in [0.3, 0.4) is 0 Å². The molecule has 0 radical (unpaired) electrons. The van der Waals surface area contributed by atoms with Gasteiger partial charge in [0.1, 0.15) is 5.69 Å². The number of amides is 1. The minimum Gasteiger partial charge on any atom is -0.368 e. The Morgan fingerprint density at radius 3 is 2.32 bits per heavy atom. The molecule has 4 rings (SSSR count). The predicted molar refractivity (Wildman–Crippen MR) is 100 cm³/mol. The summed E-state index contributed by atoms with van der Waals surface area (Å²) < 4.78 is 0. The van der Waals surface area contributed by atoms with Crippen LogP contribution in [0.5, 0.6) is 0 Å². The van der Waals surface area contributed by atoms with Crippen molar-refractivity contribution in [3.8, 4) is 0 Å². The molecule has 1 aliphatic rings. The number of nitrogens with zero attached hydrogens (tertiary/aromatic N) is 3. The van der Waals surface area contributed by atoms with Gasteiger partial charge in [0, 0.05) is 18.5 Å². The van der Waals surface area contributed by atoms with Crippen LogP contribution in [-0.2, 0) is 13.1 Å². The number of hydrogen-bond acceptors (Lipinski definition) is 4. The Morgan fingerprint density at radius 2 is 1.68 bits per heavy atom. The van der Waals surface area contributed by atoms with Gasteiger partial charge in [-0.2, -0.15) is 0 Å². The number of carbonyl (C=O) groups excluding carboxylic acids is 1. The molecule has 25 heavy (non-hydrogen) atoms. The van der Waals surface area contributed by atoms with Gasteiger partial charge in [-0.05, 0) is 30.2 Å². The number of rotatable bonds is 1. The van der Waals surface area contributed by atoms with E-state index in [1.54, 1.807) is 4.90 Å². The van der Waals surface area contributed by atoms with Gasteiger partial charge in [0.05, 0.1) is 5.52 Å². The highest BCUT2D eigenvalue weighted by atomic mass is 16.2. The van der Waals surface area contributed by atoms with Crippen molar-refractivity contribution >= 4 is 22.8 Å². The van der Waals surface area contributed by atoms with Crippen molar-refractivity contribution in [3.05, 3.63) is 64.8 Å². The van der Waals surface area contributed by atoms with Gasteiger partial charge in [-0.1, -0.05) is 49.7 Å². The predicted octanol–water partition coefficient (Wildman–Crippen LogP) is 3.70. The van der Waals surface area contributed by atoms with Crippen LogP contribution in [0.1, 0.15) is 41.0 Å². The molecule has 5 nitrogen and oxygen atoms in total. The van der Waals surface area contributed by atoms with Crippen LogP contribution in [0.15, 0.2) is 42.5 Å². The molecule has 5 heteroatoms. The Kier molecular flexibility index (Phi) is 4.65. The zero-order valence-corrected chi connectivity index (χ0v) is 14.8. The summed E-state index contributed by atoms with van der Waals surface area (Å²) in [4.78, 5) is 23.2. The third-order valence-electron chi connectivity index (χ3n) is 4.20. The van der Waals surface area contributed by atoms with Crippen LogP contribution < -0.4 is 5.73 Å². The average molecular weight is 334 g/mol. The molecule has 3 aromatic rings. The normalized spacial score (nSPS) is 12.5. The SMILES string of the molecule is CC.Cc1ccc2nc(N)nc(C(=O)N3Cc4ccccc4C3)c2c1. The Labute approximate surface area is 147 Å². The molecular formula is C20H22N4O. The van der Waals surface area contributed by atoms with E-state index in [9.17, 15) is 4.79 Å². The second-order valence-corrected chi connectivity index (χ2v) is 5.88. The number of fused-ring (bicyclic) bond motifs is 2. The minimum absolute atomic E-state index is 0.106. The third kappa shape index (κ3) is 3.18. The maximum absolute atomic E-state index is 13.0. The quantitative estimate of drug-likeness (QED) is 0.736. The Morgan fingerprint density at radius 1 is 1.04 bits per heavy atom. The van der Waals surface area contributed by atoms with Crippen molar-refractivity contribution in [1.29, 1.82) is 0 Å². The highest BCUT2D eigenvalue weighted by Crippen LogP contribution is 2.26. The van der Waals surface area contributed by atoms with Gasteiger partial charge in [0.15, 0.2) is 0 Å². The summed E-state index contributed by atoms with van der Waals surface area (Å²) in [6.07, 6.45) is 0. The summed E-state index contributed by atoms with van der Waals surface area (Å²) in [5.74, 6) is 0.0207. The third-order valence-corrected chi connectivity index (χ3v) is 4.20. The molecule has 0 atom stereocenters. The van der Waals surface area contributed by atoms with E-state index in [1.165, 1.54) is 11.1 Å². The van der Waals surface area contributed by atoms with E-state index in [1.807, 2.05) is 51.1 Å². The monoisotopic (exact) mass is 334 g/mol. The molecule has 1 aliphatic heterocycles. The van der Waals surface area contributed by atoms with Gasteiger partial charge in [0.2, 0.25) is 5.95 Å². The fourth-order valence-electron chi connectivity index (χ4n) is 3.05. The van der Waals surface area contributed by atoms with Crippen molar-refractivity contribution < 1.29 is 4.79 Å². The summed E-state index contributed by atoms with van der Waals surface area (Å²) in [5.41, 5.74) is 10.3. The number of carbonyl (C=O) groups is 1. The molecule has 0 fully saturated rings. The van der Waals surface area contributed by atoms with E-state index in [2.05, 4.69) is 22.1 Å². The van der Waals surface area contributed by atoms with Crippen LogP contribution in [0, 0.1) is 6.92 Å².